The number of rotatable bonds is 8. The molecule has 0 saturated carbocycles. The van der Waals surface area contributed by atoms with Crippen molar-refractivity contribution < 1.29 is 19.1 Å². The Kier molecular flexibility index (Phi) is 8.58. The molecule has 0 saturated heterocycles. The van der Waals surface area contributed by atoms with Gasteiger partial charge in [0.05, 0.1) is 6.61 Å². The fraction of sp³-hybridized carbons (Fsp3) is 0.833. The number of esters is 2. The molecule has 0 aromatic heterocycles. The van der Waals surface area contributed by atoms with Gasteiger partial charge in [-0.3, -0.25) is 9.59 Å². The maximum Gasteiger partial charge on any atom is 0.305 e. The van der Waals surface area contributed by atoms with E-state index in [0.29, 0.717) is 19.4 Å². The van der Waals surface area contributed by atoms with Crippen molar-refractivity contribution in [2.75, 3.05) is 6.61 Å². The Morgan fingerprint density at radius 2 is 1.88 bits per heavy atom. The molecule has 0 aromatic rings. The van der Waals surface area contributed by atoms with Crippen LogP contribution in [0.25, 0.3) is 0 Å². The predicted molar refractivity (Wildman–Crippen MR) is 60.9 cm³/mol. The van der Waals surface area contributed by atoms with Crippen molar-refractivity contribution in [3.8, 4) is 0 Å². The van der Waals surface area contributed by atoms with Crippen LogP contribution >= 0.6 is 0 Å². The number of ether oxygens (including phenoxy) is 2. The molecule has 0 N–H and O–H groups in total. The third-order valence-electron chi connectivity index (χ3n) is 2.16. The second-order valence-electron chi connectivity index (χ2n) is 3.72. The molecular weight excluding hydrogens is 208 g/mol. The first-order valence-corrected chi connectivity index (χ1v) is 5.93. The minimum Gasteiger partial charge on any atom is -0.466 e. The minimum atomic E-state index is -0.255. The van der Waals surface area contributed by atoms with E-state index in [9.17, 15) is 9.59 Å². The Morgan fingerprint density at radius 1 is 1.19 bits per heavy atom. The summed E-state index contributed by atoms with van der Waals surface area (Å²) in [5, 5.41) is 0. The molecule has 16 heavy (non-hydrogen) atoms. The van der Waals surface area contributed by atoms with Crippen LogP contribution in [0.15, 0.2) is 0 Å². The quantitative estimate of drug-likeness (QED) is 0.601. The molecule has 1 atom stereocenters. The summed E-state index contributed by atoms with van der Waals surface area (Å²) < 4.78 is 9.96. The molecule has 0 bridgehead atoms. The highest BCUT2D eigenvalue weighted by atomic mass is 16.5. The highest BCUT2D eigenvalue weighted by Gasteiger charge is 2.12. The van der Waals surface area contributed by atoms with Gasteiger partial charge in [-0.25, -0.2) is 0 Å². The largest absolute Gasteiger partial charge is 0.466 e. The Morgan fingerprint density at radius 3 is 2.38 bits per heavy atom. The molecule has 4 heteroatoms. The van der Waals surface area contributed by atoms with Gasteiger partial charge in [0.25, 0.3) is 0 Å². The van der Waals surface area contributed by atoms with Crippen LogP contribution in [0.1, 0.15) is 52.9 Å². The first-order chi connectivity index (χ1) is 7.60. The summed E-state index contributed by atoms with van der Waals surface area (Å²) >= 11 is 0. The zero-order valence-corrected chi connectivity index (χ0v) is 10.5. The molecule has 0 aliphatic carbocycles. The lowest BCUT2D eigenvalue weighted by Gasteiger charge is -2.15. The SMILES string of the molecule is CCCC(CCCC(=O)OCC)OC(C)=O. The lowest BCUT2D eigenvalue weighted by atomic mass is 10.1. The molecule has 94 valence electrons. The Bertz CT molecular complexity index is 213. The van der Waals surface area contributed by atoms with E-state index in [1.807, 2.05) is 6.92 Å². The molecule has 0 heterocycles. The van der Waals surface area contributed by atoms with E-state index in [1.165, 1.54) is 6.92 Å². The highest BCUT2D eigenvalue weighted by Crippen LogP contribution is 2.11. The molecule has 0 radical (unpaired) electrons. The van der Waals surface area contributed by atoms with Crippen molar-refractivity contribution in [3.05, 3.63) is 0 Å². The average molecular weight is 230 g/mol. The van der Waals surface area contributed by atoms with E-state index in [2.05, 4.69) is 0 Å². The predicted octanol–water partition coefficient (Wildman–Crippen LogP) is 2.45. The molecule has 4 nitrogen and oxygen atoms in total. The molecule has 0 rings (SSSR count). The Balaban J connectivity index is 3.74. The number of hydrogen-bond donors (Lipinski definition) is 0. The smallest absolute Gasteiger partial charge is 0.305 e. The molecule has 0 fully saturated rings. The monoisotopic (exact) mass is 230 g/mol. The van der Waals surface area contributed by atoms with Crippen molar-refractivity contribution in [1.82, 2.24) is 0 Å². The van der Waals surface area contributed by atoms with Gasteiger partial charge in [0, 0.05) is 13.3 Å². The maximum absolute atomic E-state index is 11.1. The average Bonchev–Trinajstić information content (AvgIpc) is 2.17. The third-order valence-corrected chi connectivity index (χ3v) is 2.16. The molecule has 0 aliphatic rings. The Labute approximate surface area is 97.3 Å². The summed E-state index contributed by atoms with van der Waals surface area (Å²) in [6, 6.07) is 0. The summed E-state index contributed by atoms with van der Waals surface area (Å²) in [6.45, 7) is 5.66. The fourth-order valence-corrected chi connectivity index (χ4v) is 1.53. The lowest BCUT2D eigenvalue weighted by molar-refractivity contribution is -0.147. The van der Waals surface area contributed by atoms with Gasteiger partial charge < -0.3 is 9.47 Å². The van der Waals surface area contributed by atoms with Gasteiger partial charge in [-0.2, -0.15) is 0 Å². The molecular formula is C12H22O4. The van der Waals surface area contributed by atoms with Crippen LogP contribution in [-0.4, -0.2) is 24.6 Å². The second kappa shape index (κ2) is 9.19. The first kappa shape index (κ1) is 14.9. The normalized spacial score (nSPS) is 11.9. The van der Waals surface area contributed by atoms with Gasteiger partial charge in [-0.05, 0) is 26.2 Å². The van der Waals surface area contributed by atoms with Crippen LogP contribution in [0.2, 0.25) is 0 Å². The number of carbonyl (C=O) groups is 2. The van der Waals surface area contributed by atoms with Gasteiger partial charge in [0.2, 0.25) is 0 Å². The molecule has 0 spiro atoms. The Hall–Kier alpha value is -1.06. The van der Waals surface area contributed by atoms with Crippen LogP contribution in [0.4, 0.5) is 0 Å². The molecule has 0 aliphatic heterocycles. The summed E-state index contributed by atoms with van der Waals surface area (Å²) in [5.41, 5.74) is 0. The molecule has 1 unspecified atom stereocenters. The zero-order chi connectivity index (χ0) is 12.4. The standard InChI is InChI=1S/C12H22O4/c1-4-7-11(16-10(3)13)8-6-9-12(14)15-5-2/h11H,4-9H2,1-3H3. The number of carbonyl (C=O) groups excluding carboxylic acids is 2. The molecule has 0 amide bonds. The molecule has 0 aromatic carbocycles. The topological polar surface area (TPSA) is 52.6 Å². The summed E-state index contributed by atoms with van der Waals surface area (Å²) in [4.78, 5) is 21.9. The van der Waals surface area contributed by atoms with Gasteiger partial charge in [-0.15, -0.1) is 0 Å². The van der Waals surface area contributed by atoms with E-state index < -0.39 is 0 Å². The van der Waals surface area contributed by atoms with Crippen LogP contribution in [0, 0.1) is 0 Å². The van der Waals surface area contributed by atoms with Crippen molar-refractivity contribution in [3.63, 3.8) is 0 Å². The maximum atomic E-state index is 11.1. The van der Waals surface area contributed by atoms with Crippen molar-refractivity contribution >= 4 is 11.9 Å². The van der Waals surface area contributed by atoms with Gasteiger partial charge in [-0.1, -0.05) is 13.3 Å². The van der Waals surface area contributed by atoms with E-state index in [1.54, 1.807) is 6.92 Å². The van der Waals surface area contributed by atoms with Crippen LogP contribution < -0.4 is 0 Å². The van der Waals surface area contributed by atoms with Gasteiger partial charge in [0.1, 0.15) is 6.10 Å². The van der Waals surface area contributed by atoms with E-state index in [0.717, 1.165) is 19.3 Å². The van der Waals surface area contributed by atoms with Crippen molar-refractivity contribution in [2.45, 2.75) is 59.0 Å². The summed E-state index contributed by atoms with van der Waals surface area (Å²) in [5.74, 6) is -0.435. The van der Waals surface area contributed by atoms with E-state index in [-0.39, 0.29) is 18.0 Å². The van der Waals surface area contributed by atoms with Crippen LogP contribution in [0.3, 0.4) is 0 Å². The van der Waals surface area contributed by atoms with Crippen molar-refractivity contribution in [2.24, 2.45) is 0 Å². The fourth-order valence-electron chi connectivity index (χ4n) is 1.53. The van der Waals surface area contributed by atoms with Gasteiger partial charge >= 0.3 is 11.9 Å². The first-order valence-electron chi connectivity index (χ1n) is 5.93. The number of hydrogen-bond acceptors (Lipinski definition) is 4. The lowest BCUT2D eigenvalue weighted by Crippen LogP contribution is -2.16. The minimum absolute atomic E-state index is 0.0584. The highest BCUT2D eigenvalue weighted by molar-refractivity contribution is 5.69. The van der Waals surface area contributed by atoms with Crippen LogP contribution in [0.5, 0.6) is 0 Å². The van der Waals surface area contributed by atoms with Crippen LogP contribution in [-0.2, 0) is 19.1 Å². The summed E-state index contributed by atoms with van der Waals surface area (Å²) in [6.07, 6.45) is 3.59. The zero-order valence-electron chi connectivity index (χ0n) is 10.5. The van der Waals surface area contributed by atoms with E-state index in [4.69, 9.17) is 9.47 Å². The van der Waals surface area contributed by atoms with Gasteiger partial charge in [0.15, 0.2) is 0 Å². The third kappa shape index (κ3) is 8.26. The van der Waals surface area contributed by atoms with E-state index >= 15 is 0 Å². The van der Waals surface area contributed by atoms with Crippen molar-refractivity contribution in [1.29, 1.82) is 0 Å². The summed E-state index contributed by atoms with van der Waals surface area (Å²) in [7, 11) is 0. The second-order valence-corrected chi connectivity index (χ2v) is 3.72.